The van der Waals surface area contributed by atoms with Gasteiger partial charge in [0.2, 0.25) is 0 Å². The number of anilines is 1. The number of halogens is 1. The Morgan fingerprint density at radius 1 is 1.05 bits per heavy atom. The van der Waals surface area contributed by atoms with Crippen LogP contribution in [0.15, 0.2) is 96.8 Å². The van der Waals surface area contributed by atoms with Crippen molar-refractivity contribution in [3.8, 4) is 5.69 Å². The van der Waals surface area contributed by atoms with E-state index in [0.717, 1.165) is 16.5 Å². The number of amides is 2. The van der Waals surface area contributed by atoms with Gasteiger partial charge in [0.15, 0.2) is 5.70 Å². The molecule has 0 bridgehead atoms. The van der Waals surface area contributed by atoms with Crippen LogP contribution in [-0.2, 0) is 9.59 Å². The second kappa shape index (κ2) is 11.1. The lowest BCUT2D eigenvalue weighted by atomic mass is 10.1. The monoisotopic (exact) mass is 592 g/mol. The minimum atomic E-state index is -0.404. The van der Waals surface area contributed by atoms with Crippen LogP contribution >= 0.6 is 11.6 Å². The summed E-state index contributed by atoms with van der Waals surface area (Å²) in [4.78, 5) is 31.4. The molecule has 214 valence electrons. The summed E-state index contributed by atoms with van der Waals surface area (Å²) in [5, 5.41) is 26.1. The fraction of sp³-hybridized carbons (Fsp3) is 0.133. The first-order valence-corrected chi connectivity index (χ1v) is 14.0. The normalized spacial score (nSPS) is 16.5. The van der Waals surface area contributed by atoms with Gasteiger partial charge in [0.25, 0.3) is 11.8 Å². The molecular formula is C30H25ClN10O2. The molecule has 7 rings (SSSR count). The third-order valence-corrected chi connectivity index (χ3v) is 7.78. The van der Waals surface area contributed by atoms with Gasteiger partial charge in [-0.2, -0.15) is 9.78 Å². The van der Waals surface area contributed by atoms with Gasteiger partial charge in [-0.1, -0.05) is 41.9 Å². The van der Waals surface area contributed by atoms with Gasteiger partial charge in [0.1, 0.15) is 12.1 Å². The smallest absolute Gasteiger partial charge is 0.276 e. The number of nitrogens with one attached hydrogen (secondary N) is 3. The first-order chi connectivity index (χ1) is 21.0. The van der Waals surface area contributed by atoms with Crippen LogP contribution in [0.4, 0.5) is 5.69 Å². The number of carbonyl (C=O) groups excluding carboxylic acids is 2. The number of fused-ring (bicyclic) bond motifs is 2. The third kappa shape index (κ3) is 5.08. The van der Waals surface area contributed by atoms with Crippen molar-refractivity contribution in [2.45, 2.75) is 6.04 Å². The van der Waals surface area contributed by atoms with Crippen LogP contribution in [0, 0.1) is 0 Å². The summed E-state index contributed by atoms with van der Waals surface area (Å²) in [7, 11) is 0. The zero-order chi connectivity index (χ0) is 29.3. The first-order valence-electron chi connectivity index (χ1n) is 13.6. The van der Waals surface area contributed by atoms with Crippen LogP contribution in [0.3, 0.4) is 0 Å². The Labute approximate surface area is 250 Å². The Kier molecular flexibility index (Phi) is 6.79. The van der Waals surface area contributed by atoms with Gasteiger partial charge in [-0.05, 0) is 58.5 Å². The second-order valence-electron chi connectivity index (χ2n) is 10.1. The molecular weight excluding hydrogens is 568 g/mol. The topological polar surface area (TPSA) is 137 Å². The van der Waals surface area contributed by atoms with Gasteiger partial charge < -0.3 is 15.5 Å². The highest BCUT2D eigenvalue weighted by Crippen LogP contribution is 2.34. The SMILES string of the molecule is O=C(Nc1ccc2cn[nH]c2c1)C1=C2NCC(c3ccccc3)N2CCN1C(=O)C=Cc1cc(Cl)ccc1-n1cnnn1. The molecule has 5 aromatic rings. The Hall–Kier alpha value is -5.49. The second-order valence-corrected chi connectivity index (χ2v) is 10.5. The number of aromatic amines is 1. The van der Waals surface area contributed by atoms with E-state index in [2.05, 4.69) is 53.4 Å². The van der Waals surface area contributed by atoms with E-state index in [1.165, 1.54) is 22.0 Å². The quantitative estimate of drug-likeness (QED) is 0.255. The minimum absolute atomic E-state index is 0.0263. The number of rotatable bonds is 6. The van der Waals surface area contributed by atoms with Crippen LogP contribution in [0.1, 0.15) is 17.2 Å². The number of carbonyl (C=O) groups is 2. The molecule has 3 aromatic carbocycles. The summed E-state index contributed by atoms with van der Waals surface area (Å²) in [6.07, 6.45) is 6.26. The van der Waals surface area contributed by atoms with Crippen LogP contribution in [0.2, 0.25) is 5.02 Å². The van der Waals surface area contributed by atoms with E-state index in [1.54, 1.807) is 30.5 Å². The summed E-state index contributed by atoms with van der Waals surface area (Å²) in [6, 6.07) is 20.9. The lowest BCUT2D eigenvalue weighted by molar-refractivity contribution is -0.128. The zero-order valence-corrected chi connectivity index (χ0v) is 23.4. The largest absolute Gasteiger partial charge is 0.367 e. The molecule has 0 radical (unpaired) electrons. The van der Waals surface area contributed by atoms with Crippen molar-refractivity contribution in [1.82, 2.24) is 45.5 Å². The molecule has 2 amide bonds. The highest BCUT2D eigenvalue weighted by molar-refractivity contribution is 6.30. The van der Waals surface area contributed by atoms with Crippen molar-refractivity contribution < 1.29 is 9.59 Å². The first kappa shape index (κ1) is 26.4. The molecule has 4 heterocycles. The van der Waals surface area contributed by atoms with Crippen LogP contribution in [-0.4, -0.2) is 71.7 Å². The Morgan fingerprint density at radius 2 is 1.93 bits per heavy atom. The van der Waals surface area contributed by atoms with Crippen molar-refractivity contribution in [2.24, 2.45) is 0 Å². The van der Waals surface area contributed by atoms with E-state index >= 15 is 0 Å². The van der Waals surface area contributed by atoms with Crippen molar-refractivity contribution in [1.29, 1.82) is 0 Å². The van der Waals surface area contributed by atoms with E-state index in [0.29, 0.717) is 47.4 Å². The predicted molar refractivity (Wildman–Crippen MR) is 161 cm³/mol. The fourth-order valence-electron chi connectivity index (χ4n) is 5.51. The van der Waals surface area contributed by atoms with Crippen molar-refractivity contribution in [2.75, 3.05) is 25.0 Å². The summed E-state index contributed by atoms with van der Waals surface area (Å²) < 4.78 is 1.49. The Bertz CT molecular complexity index is 1880. The number of nitrogens with zero attached hydrogens (tertiary/aromatic N) is 7. The fourth-order valence-corrected chi connectivity index (χ4v) is 5.70. The molecule has 1 fully saturated rings. The maximum atomic E-state index is 13.9. The van der Waals surface area contributed by atoms with E-state index in [-0.39, 0.29) is 17.6 Å². The van der Waals surface area contributed by atoms with Crippen LogP contribution in [0.5, 0.6) is 0 Å². The highest BCUT2D eigenvalue weighted by atomic mass is 35.5. The molecule has 0 spiro atoms. The van der Waals surface area contributed by atoms with Crippen LogP contribution in [0.25, 0.3) is 22.7 Å². The van der Waals surface area contributed by atoms with Crippen molar-refractivity contribution >= 4 is 46.1 Å². The molecule has 1 unspecified atom stereocenters. The minimum Gasteiger partial charge on any atom is -0.367 e. The maximum absolute atomic E-state index is 13.9. The van der Waals surface area contributed by atoms with Crippen LogP contribution < -0.4 is 10.6 Å². The summed E-state index contributed by atoms with van der Waals surface area (Å²) in [5.41, 5.74) is 4.04. The molecule has 1 saturated heterocycles. The summed E-state index contributed by atoms with van der Waals surface area (Å²) >= 11 is 6.27. The lowest BCUT2D eigenvalue weighted by Gasteiger charge is -2.37. The predicted octanol–water partition coefficient (Wildman–Crippen LogP) is 3.50. The molecule has 2 aliphatic heterocycles. The lowest BCUT2D eigenvalue weighted by Crippen LogP contribution is -2.47. The maximum Gasteiger partial charge on any atom is 0.276 e. The van der Waals surface area contributed by atoms with E-state index in [4.69, 9.17) is 11.6 Å². The number of benzene rings is 3. The van der Waals surface area contributed by atoms with Gasteiger partial charge >= 0.3 is 0 Å². The third-order valence-electron chi connectivity index (χ3n) is 7.54. The van der Waals surface area contributed by atoms with Gasteiger partial charge in [-0.15, -0.1) is 5.10 Å². The number of hydrogen-bond acceptors (Lipinski definition) is 8. The van der Waals surface area contributed by atoms with E-state index in [1.807, 2.05) is 36.4 Å². The van der Waals surface area contributed by atoms with Gasteiger partial charge in [-0.3, -0.25) is 19.6 Å². The van der Waals surface area contributed by atoms with Crippen molar-refractivity contribution in [3.63, 3.8) is 0 Å². The molecule has 0 saturated carbocycles. The molecule has 1 atom stereocenters. The van der Waals surface area contributed by atoms with Gasteiger partial charge in [-0.25, -0.2) is 0 Å². The molecule has 3 N–H and O–H groups in total. The summed E-state index contributed by atoms with van der Waals surface area (Å²) in [5.74, 6) is -0.147. The number of tetrazole rings is 1. The molecule has 13 heteroatoms. The van der Waals surface area contributed by atoms with Gasteiger partial charge in [0, 0.05) is 47.4 Å². The Morgan fingerprint density at radius 3 is 2.77 bits per heavy atom. The standard InChI is InChI=1S/C30H25ClN10O2/c31-22-8-10-25(41-18-34-37-38-41)20(14-22)7-11-27(42)40-13-12-39-26(19-4-2-1-3-5-19)17-32-29(39)28(40)30(43)35-23-9-6-21-16-33-36-24(21)15-23/h1-11,14-16,18,26,32H,12-13,17H2,(H,33,36)(H,35,43). The number of hydrogen-bond donors (Lipinski definition) is 3. The average Bonchev–Trinajstić information content (AvgIpc) is 3.81. The van der Waals surface area contributed by atoms with Gasteiger partial charge in [0.05, 0.1) is 23.4 Å². The van der Waals surface area contributed by atoms with Crippen molar-refractivity contribution in [3.05, 3.63) is 113 Å². The molecule has 2 aliphatic rings. The molecule has 0 aliphatic carbocycles. The Balaban J connectivity index is 1.23. The van der Waals surface area contributed by atoms with E-state index < -0.39 is 5.91 Å². The molecule has 2 aromatic heterocycles. The molecule has 12 nitrogen and oxygen atoms in total. The zero-order valence-electron chi connectivity index (χ0n) is 22.7. The number of aromatic nitrogens is 6. The molecule has 43 heavy (non-hydrogen) atoms. The van der Waals surface area contributed by atoms with E-state index in [9.17, 15) is 9.59 Å². The summed E-state index contributed by atoms with van der Waals surface area (Å²) in [6.45, 7) is 1.47. The average molecular weight is 593 g/mol. The number of H-pyrrole nitrogens is 1. The highest BCUT2D eigenvalue weighted by Gasteiger charge is 2.40.